The van der Waals surface area contributed by atoms with Crippen LogP contribution in [0.1, 0.15) is 18.9 Å². The molecule has 0 saturated carbocycles. The number of benzene rings is 2. The number of rotatable bonds is 10. The van der Waals surface area contributed by atoms with Crippen molar-refractivity contribution in [3.63, 3.8) is 0 Å². The molecule has 146 valence electrons. The molecule has 0 aliphatic rings. The molecule has 1 unspecified atom stereocenters. The summed E-state index contributed by atoms with van der Waals surface area (Å²) in [5.74, 6) is 2.01. The summed E-state index contributed by atoms with van der Waals surface area (Å²) >= 11 is 0. The van der Waals surface area contributed by atoms with Crippen molar-refractivity contribution in [2.45, 2.75) is 26.3 Å². The molecule has 27 heavy (non-hydrogen) atoms. The van der Waals surface area contributed by atoms with E-state index in [1.54, 1.807) is 32.4 Å². The molecule has 2 N–H and O–H groups in total. The van der Waals surface area contributed by atoms with Crippen molar-refractivity contribution in [3.05, 3.63) is 48.0 Å². The lowest BCUT2D eigenvalue weighted by molar-refractivity contribution is -0.116. The van der Waals surface area contributed by atoms with Gasteiger partial charge in [-0.05, 0) is 43.7 Å². The molecule has 0 aliphatic carbocycles. The number of aryl methyl sites for hydroxylation is 1. The maximum absolute atomic E-state index is 12.3. The second kappa shape index (κ2) is 10.4. The molecular weight excluding hydrogens is 344 g/mol. The highest BCUT2D eigenvalue weighted by Crippen LogP contribution is 2.29. The number of hydrogen-bond acceptors (Lipinski definition) is 5. The third kappa shape index (κ3) is 6.83. The van der Waals surface area contributed by atoms with Crippen molar-refractivity contribution >= 4 is 11.6 Å². The Morgan fingerprint density at radius 1 is 1.07 bits per heavy atom. The van der Waals surface area contributed by atoms with Crippen LogP contribution in [-0.2, 0) is 4.79 Å². The van der Waals surface area contributed by atoms with Crippen LogP contribution < -0.4 is 24.8 Å². The molecule has 6 nitrogen and oxygen atoms in total. The minimum atomic E-state index is -0.0962. The van der Waals surface area contributed by atoms with Gasteiger partial charge < -0.3 is 24.8 Å². The number of methoxy groups -OCH3 is 2. The quantitative estimate of drug-likeness (QED) is 0.626. The number of anilines is 1. The number of ether oxygens (including phenoxy) is 3. The Balaban J connectivity index is 1.75. The largest absolute Gasteiger partial charge is 0.497 e. The molecule has 2 rings (SSSR count). The van der Waals surface area contributed by atoms with Crippen molar-refractivity contribution in [1.82, 2.24) is 5.32 Å². The van der Waals surface area contributed by atoms with E-state index in [9.17, 15) is 4.79 Å². The Bertz CT molecular complexity index is 749. The van der Waals surface area contributed by atoms with E-state index in [-0.39, 0.29) is 11.9 Å². The smallest absolute Gasteiger partial charge is 0.226 e. The minimum Gasteiger partial charge on any atom is -0.497 e. The van der Waals surface area contributed by atoms with Crippen LogP contribution in [0.25, 0.3) is 0 Å². The lowest BCUT2D eigenvalue weighted by Gasteiger charge is -2.16. The summed E-state index contributed by atoms with van der Waals surface area (Å²) in [6.07, 6.45) is 0.338. The molecule has 2 aromatic rings. The van der Waals surface area contributed by atoms with Crippen LogP contribution >= 0.6 is 0 Å². The molecule has 0 fully saturated rings. The Kier molecular flexibility index (Phi) is 7.95. The second-order valence-electron chi connectivity index (χ2n) is 6.34. The van der Waals surface area contributed by atoms with Gasteiger partial charge in [0.05, 0.1) is 19.9 Å². The average molecular weight is 372 g/mol. The van der Waals surface area contributed by atoms with Crippen LogP contribution in [0.3, 0.4) is 0 Å². The molecular formula is C21H28N2O4. The van der Waals surface area contributed by atoms with E-state index in [4.69, 9.17) is 14.2 Å². The van der Waals surface area contributed by atoms with Gasteiger partial charge in [0.15, 0.2) is 0 Å². The number of hydrogen-bond donors (Lipinski definition) is 2. The summed E-state index contributed by atoms with van der Waals surface area (Å²) < 4.78 is 16.2. The Hall–Kier alpha value is -2.73. The molecule has 0 aromatic heterocycles. The molecule has 0 bridgehead atoms. The Morgan fingerprint density at radius 2 is 1.89 bits per heavy atom. The molecule has 0 radical (unpaired) electrons. The third-order valence-corrected chi connectivity index (χ3v) is 4.03. The van der Waals surface area contributed by atoms with E-state index in [0.717, 1.165) is 5.75 Å². The number of carbonyl (C=O) groups is 1. The van der Waals surface area contributed by atoms with Crippen LogP contribution in [0.5, 0.6) is 17.2 Å². The van der Waals surface area contributed by atoms with Crippen LogP contribution in [0.15, 0.2) is 42.5 Å². The molecule has 1 amide bonds. The van der Waals surface area contributed by atoms with Crippen molar-refractivity contribution < 1.29 is 19.0 Å². The van der Waals surface area contributed by atoms with Crippen molar-refractivity contribution in [1.29, 1.82) is 0 Å². The Morgan fingerprint density at radius 3 is 2.59 bits per heavy atom. The fraction of sp³-hybridized carbons (Fsp3) is 0.381. The highest BCUT2D eigenvalue weighted by atomic mass is 16.5. The second-order valence-corrected chi connectivity index (χ2v) is 6.34. The van der Waals surface area contributed by atoms with Gasteiger partial charge in [0.1, 0.15) is 23.9 Å². The highest BCUT2D eigenvalue weighted by Gasteiger charge is 2.12. The van der Waals surface area contributed by atoms with Crippen LogP contribution in [-0.4, -0.2) is 39.3 Å². The molecule has 0 saturated heterocycles. The first-order chi connectivity index (χ1) is 13.0. The van der Waals surface area contributed by atoms with Crippen LogP contribution in [0.2, 0.25) is 0 Å². The van der Waals surface area contributed by atoms with E-state index in [1.165, 1.54) is 5.56 Å². The Labute approximate surface area is 160 Å². The molecule has 0 spiro atoms. The van der Waals surface area contributed by atoms with Gasteiger partial charge in [-0.1, -0.05) is 12.1 Å². The zero-order valence-electron chi connectivity index (χ0n) is 16.4. The molecule has 0 heterocycles. The summed E-state index contributed by atoms with van der Waals surface area (Å²) in [6.45, 7) is 5.20. The third-order valence-electron chi connectivity index (χ3n) is 4.03. The number of nitrogens with one attached hydrogen (secondary N) is 2. The van der Waals surface area contributed by atoms with Gasteiger partial charge >= 0.3 is 0 Å². The molecule has 1 atom stereocenters. The van der Waals surface area contributed by atoms with Gasteiger partial charge in [-0.3, -0.25) is 4.79 Å². The summed E-state index contributed by atoms with van der Waals surface area (Å²) in [7, 11) is 3.15. The standard InChI is InChI=1S/C21H28N2O4/c1-15-6-5-7-18(12-15)27-11-10-22-16(2)13-21(24)23-19-14-17(25-3)8-9-20(19)26-4/h5-9,12,14,16,22H,10-11,13H2,1-4H3,(H,23,24). The summed E-state index contributed by atoms with van der Waals surface area (Å²) in [6, 6.07) is 13.2. The lowest BCUT2D eigenvalue weighted by atomic mass is 10.2. The molecule has 2 aromatic carbocycles. The fourth-order valence-corrected chi connectivity index (χ4v) is 2.64. The monoisotopic (exact) mass is 372 g/mol. The van der Waals surface area contributed by atoms with E-state index >= 15 is 0 Å². The van der Waals surface area contributed by atoms with Crippen molar-refractivity contribution in [2.24, 2.45) is 0 Å². The predicted octanol–water partition coefficient (Wildman–Crippen LogP) is 3.40. The number of carbonyl (C=O) groups excluding carboxylic acids is 1. The topological polar surface area (TPSA) is 68.8 Å². The van der Waals surface area contributed by atoms with Gasteiger partial charge in [0.2, 0.25) is 5.91 Å². The SMILES string of the molecule is COc1ccc(OC)c(NC(=O)CC(C)NCCOc2cccc(C)c2)c1. The maximum Gasteiger partial charge on any atom is 0.226 e. The first-order valence-electron chi connectivity index (χ1n) is 8.96. The summed E-state index contributed by atoms with van der Waals surface area (Å²) in [4.78, 5) is 12.3. The highest BCUT2D eigenvalue weighted by molar-refractivity contribution is 5.92. The van der Waals surface area contributed by atoms with Crippen molar-refractivity contribution in [2.75, 3.05) is 32.7 Å². The van der Waals surface area contributed by atoms with E-state index < -0.39 is 0 Å². The molecule has 6 heteroatoms. The van der Waals surface area contributed by atoms with Gasteiger partial charge in [-0.15, -0.1) is 0 Å². The minimum absolute atomic E-state index is 0.0164. The van der Waals surface area contributed by atoms with E-state index in [2.05, 4.69) is 10.6 Å². The molecule has 0 aliphatic heterocycles. The van der Waals surface area contributed by atoms with Crippen LogP contribution in [0, 0.1) is 6.92 Å². The first kappa shape index (κ1) is 20.6. The van der Waals surface area contributed by atoms with Crippen molar-refractivity contribution in [3.8, 4) is 17.2 Å². The summed E-state index contributed by atoms with van der Waals surface area (Å²) in [5.41, 5.74) is 1.76. The summed E-state index contributed by atoms with van der Waals surface area (Å²) in [5, 5.41) is 6.17. The van der Waals surface area contributed by atoms with Gasteiger partial charge in [0.25, 0.3) is 0 Å². The zero-order chi connectivity index (χ0) is 19.6. The lowest BCUT2D eigenvalue weighted by Crippen LogP contribution is -2.33. The normalized spacial score (nSPS) is 11.6. The van der Waals surface area contributed by atoms with Gasteiger partial charge in [-0.25, -0.2) is 0 Å². The fourth-order valence-electron chi connectivity index (χ4n) is 2.64. The van der Waals surface area contributed by atoms with Gasteiger partial charge in [0, 0.05) is 25.1 Å². The number of amides is 1. The van der Waals surface area contributed by atoms with Crippen LogP contribution in [0.4, 0.5) is 5.69 Å². The van der Waals surface area contributed by atoms with Gasteiger partial charge in [-0.2, -0.15) is 0 Å². The maximum atomic E-state index is 12.3. The predicted molar refractivity (Wildman–Crippen MR) is 107 cm³/mol. The average Bonchev–Trinajstić information content (AvgIpc) is 2.65. The van der Waals surface area contributed by atoms with E-state index in [0.29, 0.717) is 36.8 Å². The first-order valence-corrected chi connectivity index (χ1v) is 8.96. The zero-order valence-corrected chi connectivity index (χ0v) is 16.4. The van der Waals surface area contributed by atoms with E-state index in [1.807, 2.05) is 38.1 Å².